The van der Waals surface area contributed by atoms with Crippen LogP contribution in [0.1, 0.15) is 31.2 Å². The molecule has 3 nitrogen and oxygen atoms in total. The van der Waals surface area contributed by atoms with E-state index < -0.39 is 11.6 Å². The Labute approximate surface area is 141 Å². The SMILES string of the molecule is CN=C(NCCc1ccc(F)cc1F)NC1CCCC(SC)C1. The Hall–Kier alpha value is -1.30. The molecule has 2 atom stereocenters. The maximum atomic E-state index is 13.6. The molecule has 0 amide bonds. The highest BCUT2D eigenvalue weighted by molar-refractivity contribution is 7.99. The zero-order valence-electron chi connectivity index (χ0n) is 13.7. The first-order valence-corrected chi connectivity index (χ1v) is 9.35. The Morgan fingerprint density at radius 1 is 1.35 bits per heavy atom. The minimum Gasteiger partial charge on any atom is -0.356 e. The van der Waals surface area contributed by atoms with Crippen molar-refractivity contribution >= 4 is 17.7 Å². The molecule has 0 spiro atoms. The second kappa shape index (κ2) is 9.11. The molecule has 1 aliphatic carbocycles. The molecule has 23 heavy (non-hydrogen) atoms. The maximum Gasteiger partial charge on any atom is 0.191 e. The lowest BCUT2D eigenvalue weighted by Crippen LogP contribution is -2.46. The van der Waals surface area contributed by atoms with Crippen molar-refractivity contribution in [2.24, 2.45) is 4.99 Å². The average molecular weight is 341 g/mol. The molecule has 0 aromatic heterocycles. The van der Waals surface area contributed by atoms with E-state index in [0.29, 0.717) is 29.8 Å². The smallest absolute Gasteiger partial charge is 0.191 e. The van der Waals surface area contributed by atoms with Gasteiger partial charge in [-0.1, -0.05) is 12.5 Å². The Morgan fingerprint density at radius 3 is 2.87 bits per heavy atom. The van der Waals surface area contributed by atoms with Crippen LogP contribution in [0.5, 0.6) is 0 Å². The summed E-state index contributed by atoms with van der Waals surface area (Å²) in [5, 5.41) is 7.38. The Bertz CT molecular complexity index is 537. The van der Waals surface area contributed by atoms with Gasteiger partial charge in [0.25, 0.3) is 0 Å². The molecule has 1 aliphatic rings. The molecule has 1 aromatic rings. The van der Waals surface area contributed by atoms with Crippen molar-refractivity contribution in [2.45, 2.75) is 43.4 Å². The van der Waals surface area contributed by atoms with Crippen LogP contribution in [0.25, 0.3) is 0 Å². The molecule has 0 aliphatic heterocycles. The minimum atomic E-state index is -0.544. The average Bonchev–Trinajstić information content (AvgIpc) is 2.56. The van der Waals surface area contributed by atoms with E-state index in [9.17, 15) is 8.78 Å². The summed E-state index contributed by atoms with van der Waals surface area (Å²) in [4.78, 5) is 4.23. The van der Waals surface area contributed by atoms with Crippen LogP contribution in [-0.4, -0.2) is 37.1 Å². The maximum absolute atomic E-state index is 13.6. The summed E-state index contributed by atoms with van der Waals surface area (Å²) >= 11 is 1.93. The lowest BCUT2D eigenvalue weighted by atomic mass is 9.95. The van der Waals surface area contributed by atoms with Gasteiger partial charge in [0.05, 0.1) is 0 Å². The number of nitrogens with zero attached hydrogens (tertiary/aromatic N) is 1. The summed E-state index contributed by atoms with van der Waals surface area (Å²) in [6, 6.07) is 4.14. The van der Waals surface area contributed by atoms with Crippen LogP contribution >= 0.6 is 11.8 Å². The number of hydrogen-bond donors (Lipinski definition) is 2. The van der Waals surface area contributed by atoms with Gasteiger partial charge in [-0.25, -0.2) is 8.78 Å². The molecule has 128 valence electrons. The van der Waals surface area contributed by atoms with E-state index in [-0.39, 0.29) is 0 Å². The number of thioether (sulfide) groups is 1. The lowest BCUT2D eigenvalue weighted by molar-refractivity contribution is 0.419. The van der Waals surface area contributed by atoms with Crippen LogP contribution in [0.15, 0.2) is 23.2 Å². The number of halogens is 2. The Morgan fingerprint density at radius 2 is 2.17 bits per heavy atom. The first kappa shape index (κ1) is 18.0. The third kappa shape index (κ3) is 5.68. The quantitative estimate of drug-likeness (QED) is 0.637. The van der Waals surface area contributed by atoms with Crippen molar-refractivity contribution in [1.82, 2.24) is 10.6 Å². The fourth-order valence-corrected chi connectivity index (χ4v) is 3.75. The van der Waals surface area contributed by atoms with Crippen molar-refractivity contribution in [3.8, 4) is 0 Å². The first-order valence-electron chi connectivity index (χ1n) is 8.06. The van der Waals surface area contributed by atoms with Gasteiger partial charge in [-0.2, -0.15) is 11.8 Å². The summed E-state index contributed by atoms with van der Waals surface area (Å²) in [6.07, 6.45) is 7.48. The topological polar surface area (TPSA) is 36.4 Å². The molecule has 2 N–H and O–H groups in total. The largest absolute Gasteiger partial charge is 0.356 e. The lowest BCUT2D eigenvalue weighted by Gasteiger charge is -2.29. The van der Waals surface area contributed by atoms with E-state index in [4.69, 9.17) is 0 Å². The zero-order valence-corrected chi connectivity index (χ0v) is 14.6. The third-order valence-corrected chi connectivity index (χ3v) is 5.32. The van der Waals surface area contributed by atoms with E-state index in [2.05, 4.69) is 21.9 Å². The molecule has 1 saturated carbocycles. The highest BCUT2D eigenvalue weighted by Crippen LogP contribution is 2.26. The van der Waals surface area contributed by atoms with Gasteiger partial charge in [-0.15, -0.1) is 0 Å². The predicted molar refractivity (Wildman–Crippen MR) is 94.1 cm³/mol. The second-order valence-corrected chi connectivity index (χ2v) is 6.99. The number of rotatable bonds is 5. The van der Waals surface area contributed by atoms with Crippen LogP contribution in [0.4, 0.5) is 8.78 Å². The fraction of sp³-hybridized carbons (Fsp3) is 0.588. The Kier molecular flexibility index (Phi) is 7.15. The summed E-state index contributed by atoms with van der Waals surface area (Å²) < 4.78 is 26.5. The summed E-state index contributed by atoms with van der Waals surface area (Å²) in [5.41, 5.74) is 0.509. The number of aliphatic imine (C=N–C) groups is 1. The van der Waals surface area contributed by atoms with Gasteiger partial charge >= 0.3 is 0 Å². The van der Waals surface area contributed by atoms with Crippen molar-refractivity contribution in [3.05, 3.63) is 35.4 Å². The van der Waals surface area contributed by atoms with Crippen molar-refractivity contribution < 1.29 is 8.78 Å². The molecular formula is C17H25F2N3S. The van der Waals surface area contributed by atoms with Crippen LogP contribution in [0.3, 0.4) is 0 Å². The number of nitrogens with one attached hydrogen (secondary N) is 2. The minimum absolute atomic E-state index is 0.440. The van der Waals surface area contributed by atoms with E-state index in [1.807, 2.05) is 11.8 Å². The first-order chi connectivity index (χ1) is 11.1. The molecule has 2 unspecified atom stereocenters. The van der Waals surface area contributed by atoms with E-state index in [0.717, 1.165) is 24.9 Å². The number of guanidine groups is 1. The van der Waals surface area contributed by atoms with Gasteiger partial charge in [0.2, 0.25) is 0 Å². The molecule has 1 fully saturated rings. The summed E-state index contributed by atoms with van der Waals surface area (Å²) in [6.45, 7) is 0.556. The molecular weight excluding hydrogens is 316 g/mol. The highest BCUT2D eigenvalue weighted by atomic mass is 32.2. The molecule has 0 saturated heterocycles. The highest BCUT2D eigenvalue weighted by Gasteiger charge is 2.21. The molecule has 0 bridgehead atoms. The van der Waals surface area contributed by atoms with Gasteiger partial charge < -0.3 is 10.6 Å². The molecule has 2 rings (SSSR count). The zero-order chi connectivity index (χ0) is 16.7. The van der Waals surface area contributed by atoms with Gasteiger partial charge in [0.15, 0.2) is 5.96 Å². The third-order valence-electron chi connectivity index (χ3n) is 4.23. The van der Waals surface area contributed by atoms with Gasteiger partial charge in [-0.05, 0) is 43.6 Å². The molecule has 6 heteroatoms. The van der Waals surface area contributed by atoms with E-state index in [1.165, 1.54) is 25.0 Å². The standard InChI is InChI=1S/C17H25F2N3S/c1-20-17(22-14-4-3-5-15(11-14)23-2)21-9-8-12-6-7-13(18)10-16(12)19/h6-7,10,14-15H,3-5,8-9,11H2,1-2H3,(H2,20,21,22). The van der Waals surface area contributed by atoms with Gasteiger partial charge in [-0.3, -0.25) is 4.99 Å². The van der Waals surface area contributed by atoms with Gasteiger partial charge in [0.1, 0.15) is 11.6 Å². The van der Waals surface area contributed by atoms with Crippen molar-refractivity contribution in [1.29, 1.82) is 0 Å². The van der Waals surface area contributed by atoms with Crippen LogP contribution in [0, 0.1) is 11.6 Å². The van der Waals surface area contributed by atoms with Crippen LogP contribution in [-0.2, 0) is 6.42 Å². The predicted octanol–water partition coefficient (Wildman–Crippen LogP) is 3.35. The van der Waals surface area contributed by atoms with E-state index >= 15 is 0 Å². The second-order valence-electron chi connectivity index (χ2n) is 5.85. The van der Waals surface area contributed by atoms with Gasteiger partial charge in [0, 0.05) is 31.0 Å². The van der Waals surface area contributed by atoms with Crippen LogP contribution in [0.2, 0.25) is 0 Å². The fourth-order valence-electron chi connectivity index (χ4n) is 2.92. The number of hydrogen-bond acceptors (Lipinski definition) is 2. The summed E-state index contributed by atoms with van der Waals surface area (Å²) in [5.74, 6) is -0.290. The van der Waals surface area contributed by atoms with E-state index in [1.54, 1.807) is 7.05 Å². The van der Waals surface area contributed by atoms with Crippen molar-refractivity contribution in [2.75, 3.05) is 19.8 Å². The summed E-state index contributed by atoms with van der Waals surface area (Å²) in [7, 11) is 1.74. The monoisotopic (exact) mass is 341 g/mol. The van der Waals surface area contributed by atoms with Crippen molar-refractivity contribution in [3.63, 3.8) is 0 Å². The normalized spacial score (nSPS) is 22.0. The molecule has 1 aromatic carbocycles. The molecule has 0 heterocycles. The van der Waals surface area contributed by atoms with Crippen LogP contribution < -0.4 is 10.6 Å². The number of benzene rings is 1. The Balaban J connectivity index is 1.79. The molecule has 0 radical (unpaired) electrons.